The zero-order valence-corrected chi connectivity index (χ0v) is 21.8. The Balaban J connectivity index is 1.22. The fourth-order valence-electron chi connectivity index (χ4n) is 5.84. The highest BCUT2D eigenvalue weighted by Gasteiger charge is 2.20. The summed E-state index contributed by atoms with van der Waals surface area (Å²) in [6.45, 7) is 7.45. The molecule has 2 aliphatic heterocycles. The summed E-state index contributed by atoms with van der Waals surface area (Å²) < 4.78 is 0. The van der Waals surface area contributed by atoms with Crippen LogP contribution in [-0.4, -0.2) is 86.2 Å². The molecule has 0 saturated carbocycles. The van der Waals surface area contributed by atoms with Crippen molar-refractivity contribution < 1.29 is 0 Å². The van der Waals surface area contributed by atoms with Crippen LogP contribution in [0.1, 0.15) is 24.8 Å². The second-order valence-corrected chi connectivity index (χ2v) is 10.7. The molecule has 2 aliphatic rings. The fourth-order valence-corrected chi connectivity index (χ4v) is 5.84. The van der Waals surface area contributed by atoms with E-state index in [1.54, 1.807) is 0 Å². The number of pyridine rings is 3. The van der Waals surface area contributed by atoms with Crippen molar-refractivity contribution >= 4 is 27.8 Å². The largest absolute Gasteiger partial charge is 0.368 e. The van der Waals surface area contributed by atoms with Crippen molar-refractivity contribution in [2.75, 3.05) is 51.2 Å². The van der Waals surface area contributed by atoms with Gasteiger partial charge in [0, 0.05) is 85.1 Å². The molecule has 0 aliphatic carbocycles. The van der Waals surface area contributed by atoms with Gasteiger partial charge in [-0.3, -0.25) is 15.0 Å². The van der Waals surface area contributed by atoms with Crippen LogP contribution in [0, 0.1) is 0 Å². The predicted molar refractivity (Wildman–Crippen MR) is 151 cm³/mol. The van der Waals surface area contributed by atoms with Crippen LogP contribution in [-0.2, 0) is 6.54 Å². The van der Waals surface area contributed by atoms with Crippen molar-refractivity contribution in [1.82, 2.24) is 39.9 Å². The minimum absolute atomic E-state index is 0.770. The summed E-state index contributed by atoms with van der Waals surface area (Å²) in [6, 6.07) is 8.72. The average Bonchev–Trinajstić information content (AvgIpc) is 3.58. The van der Waals surface area contributed by atoms with E-state index in [2.05, 4.69) is 71.2 Å². The number of nitrogens with one attached hydrogen (secondary N) is 2. The number of piperidine rings is 1. The van der Waals surface area contributed by atoms with E-state index in [1.165, 1.54) is 43.6 Å². The van der Waals surface area contributed by atoms with Gasteiger partial charge in [-0.2, -0.15) is 5.10 Å². The lowest BCUT2D eigenvalue weighted by molar-refractivity contribution is 0.220. The molecule has 9 nitrogen and oxygen atoms in total. The molecule has 0 spiro atoms. The first kappa shape index (κ1) is 23.3. The van der Waals surface area contributed by atoms with Gasteiger partial charge in [0.05, 0.1) is 5.69 Å². The number of rotatable bonds is 5. The van der Waals surface area contributed by atoms with Gasteiger partial charge in [0.1, 0.15) is 11.3 Å². The second-order valence-electron chi connectivity index (χ2n) is 10.7. The lowest BCUT2D eigenvalue weighted by Gasteiger charge is -2.34. The van der Waals surface area contributed by atoms with Crippen LogP contribution in [0.3, 0.4) is 0 Å². The number of anilines is 1. The SMILES string of the molecule is CN1CCN(c2ccnc3[nH]c(-c4n[nH]c5ncc(-c6cncc(CN7CCCCC7)c6)cc45)cc23)CC1. The van der Waals surface area contributed by atoms with Gasteiger partial charge >= 0.3 is 0 Å². The number of piperazine rings is 1. The Morgan fingerprint density at radius 1 is 0.816 bits per heavy atom. The van der Waals surface area contributed by atoms with Crippen LogP contribution in [0.5, 0.6) is 0 Å². The van der Waals surface area contributed by atoms with E-state index in [-0.39, 0.29) is 0 Å². The molecular formula is C29H33N9. The molecular weight excluding hydrogens is 474 g/mol. The number of hydrogen-bond acceptors (Lipinski definition) is 7. The van der Waals surface area contributed by atoms with Crippen molar-refractivity contribution in [2.45, 2.75) is 25.8 Å². The molecule has 5 aromatic heterocycles. The topological polar surface area (TPSA) is 92.9 Å². The molecule has 7 heterocycles. The molecule has 0 unspecified atom stereocenters. The van der Waals surface area contributed by atoms with Gasteiger partial charge in [-0.15, -0.1) is 0 Å². The molecule has 2 fully saturated rings. The van der Waals surface area contributed by atoms with Crippen LogP contribution in [0.2, 0.25) is 0 Å². The molecule has 0 radical (unpaired) electrons. The smallest absolute Gasteiger partial charge is 0.155 e. The molecule has 0 amide bonds. The van der Waals surface area contributed by atoms with Gasteiger partial charge in [-0.05, 0) is 62.8 Å². The molecule has 38 heavy (non-hydrogen) atoms. The highest BCUT2D eigenvalue weighted by molar-refractivity contribution is 5.98. The normalized spacial score (nSPS) is 17.6. The maximum atomic E-state index is 4.70. The Morgan fingerprint density at radius 2 is 1.66 bits per heavy atom. The maximum absolute atomic E-state index is 4.70. The first-order chi connectivity index (χ1) is 18.7. The fraction of sp³-hybridized carbons (Fsp3) is 0.379. The van der Waals surface area contributed by atoms with Gasteiger partial charge in [0.25, 0.3) is 0 Å². The number of aromatic nitrogens is 6. The number of nitrogens with zero attached hydrogens (tertiary/aromatic N) is 7. The summed E-state index contributed by atoms with van der Waals surface area (Å²) in [5, 5.41) is 9.88. The standard InChI is InChI=1S/C29H33N9/c1-36-9-11-38(12-10-36)26-5-6-31-28-23(26)15-25(33-28)27-24-14-22(18-32-29(24)35-34-27)21-13-20(16-30-17-21)19-37-7-3-2-4-8-37/h5-6,13-18H,2-4,7-12,19H2,1H3,(H,31,33)(H,32,34,35). The Hall–Kier alpha value is -3.82. The molecule has 0 bridgehead atoms. The molecule has 0 atom stereocenters. The summed E-state index contributed by atoms with van der Waals surface area (Å²) in [5.74, 6) is 0. The van der Waals surface area contributed by atoms with Crippen molar-refractivity contribution in [3.8, 4) is 22.5 Å². The minimum atomic E-state index is 0.770. The van der Waals surface area contributed by atoms with Crippen molar-refractivity contribution in [1.29, 1.82) is 0 Å². The molecule has 5 aromatic rings. The Bertz CT molecular complexity index is 1570. The molecule has 7 rings (SSSR count). The quantitative estimate of drug-likeness (QED) is 0.366. The van der Waals surface area contributed by atoms with E-state index >= 15 is 0 Å². The summed E-state index contributed by atoms with van der Waals surface area (Å²) in [6.07, 6.45) is 11.6. The third kappa shape index (κ3) is 4.41. The van der Waals surface area contributed by atoms with Gasteiger partial charge in [-0.25, -0.2) is 9.97 Å². The van der Waals surface area contributed by atoms with Crippen LogP contribution in [0.15, 0.2) is 49.1 Å². The zero-order valence-electron chi connectivity index (χ0n) is 21.8. The van der Waals surface area contributed by atoms with E-state index in [1.807, 2.05) is 24.8 Å². The first-order valence-corrected chi connectivity index (χ1v) is 13.6. The van der Waals surface area contributed by atoms with Crippen molar-refractivity contribution in [2.24, 2.45) is 0 Å². The summed E-state index contributed by atoms with van der Waals surface area (Å²) in [4.78, 5) is 24.8. The molecule has 9 heteroatoms. The van der Waals surface area contributed by atoms with Gasteiger partial charge in [-0.1, -0.05) is 6.42 Å². The Morgan fingerprint density at radius 3 is 2.53 bits per heavy atom. The lowest BCUT2D eigenvalue weighted by Crippen LogP contribution is -2.44. The number of likely N-dealkylation sites (tertiary alicyclic amines) is 1. The van der Waals surface area contributed by atoms with E-state index in [4.69, 9.17) is 4.98 Å². The van der Waals surface area contributed by atoms with Crippen LogP contribution >= 0.6 is 0 Å². The monoisotopic (exact) mass is 507 g/mol. The highest BCUT2D eigenvalue weighted by atomic mass is 15.2. The van der Waals surface area contributed by atoms with E-state index < -0.39 is 0 Å². The predicted octanol–water partition coefficient (Wildman–Crippen LogP) is 4.30. The molecule has 194 valence electrons. The summed E-state index contributed by atoms with van der Waals surface area (Å²) in [5.41, 5.74) is 8.04. The molecule has 0 aromatic carbocycles. The minimum Gasteiger partial charge on any atom is -0.368 e. The van der Waals surface area contributed by atoms with E-state index in [0.717, 1.165) is 77.3 Å². The summed E-state index contributed by atoms with van der Waals surface area (Å²) >= 11 is 0. The van der Waals surface area contributed by atoms with Gasteiger partial charge in [0.2, 0.25) is 0 Å². The summed E-state index contributed by atoms with van der Waals surface area (Å²) in [7, 11) is 2.18. The third-order valence-electron chi connectivity index (χ3n) is 8.01. The Kier molecular flexibility index (Phi) is 6.02. The average molecular weight is 508 g/mol. The van der Waals surface area contributed by atoms with Crippen LogP contribution in [0.25, 0.3) is 44.6 Å². The van der Waals surface area contributed by atoms with E-state index in [0.29, 0.717) is 0 Å². The first-order valence-electron chi connectivity index (χ1n) is 13.6. The molecule has 2 N–H and O–H groups in total. The van der Waals surface area contributed by atoms with Crippen LogP contribution < -0.4 is 4.90 Å². The number of hydrogen-bond donors (Lipinski definition) is 2. The van der Waals surface area contributed by atoms with E-state index in [9.17, 15) is 0 Å². The highest BCUT2D eigenvalue weighted by Crippen LogP contribution is 2.34. The number of H-pyrrole nitrogens is 2. The van der Waals surface area contributed by atoms with Crippen molar-refractivity contribution in [3.63, 3.8) is 0 Å². The number of likely N-dealkylation sites (N-methyl/N-ethyl adjacent to an activating group) is 1. The van der Waals surface area contributed by atoms with Crippen molar-refractivity contribution in [3.05, 3.63) is 54.6 Å². The number of fused-ring (bicyclic) bond motifs is 2. The third-order valence-corrected chi connectivity index (χ3v) is 8.01. The number of aromatic amines is 2. The molecule has 2 saturated heterocycles. The van der Waals surface area contributed by atoms with Gasteiger partial charge in [0.15, 0.2) is 5.65 Å². The maximum Gasteiger partial charge on any atom is 0.155 e. The zero-order chi connectivity index (χ0) is 25.5. The Labute approximate surface area is 221 Å². The lowest BCUT2D eigenvalue weighted by atomic mass is 10.0. The van der Waals surface area contributed by atoms with Crippen LogP contribution in [0.4, 0.5) is 5.69 Å². The second kappa shape index (κ2) is 9.81. The van der Waals surface area contributed by atoms with Gasteiger partial charge < -0.3 is 14.8 Å².